The fourth-order valence-corrected chi connectivity index (χ4v) is 2.26. The molecule has 1 aromatic heterocycles. The summed E-state index contributed by atoms with van der Waals surface area (Å²) >= 11 is 0. The number of piperazine rings is 1. The molecular formula is C15H22N4. The van der Waals surface area contributed by atoms with Gasteiger partial charge < -0.3 is 4.90 Å². The number of aromatic nitrogens is 2. The highest BCUT2D eigenvalue weighted by molar-refractivity contribution is 5.40. The lowest BCUT2D eigenvalue weighted by Crippen LogP contribution is -2.46. The minimum atomic E-state index is 0.362. The first kappa shape index (κ1) is 13.8. The van der Waals surface area contributed by atoms with E-state index in [9.17, 15) is 0 Å². The maximum Gasteiger partial charge on any atom is 0.133 e. The summed E-state index contributed by atoms with van der Waals surface area (Å²) in [5.41, 5.74) is 1.04. The van der Waals surface area contributed by atoms with Crippen LogP contribution in [0.2, 0.25) is 0 Å². The van der Waals surface area contributed by atoms with Crippen molar-refractivity contribution in [3.63, 3.8) is 0 Å². The Labute approximate surface area is 115 Å². The van der Waals surface area contributed by atoms with Crippen molar-refractivity contribution in [3.8, 4) is 12.3 Å². The molecule has 102 valence electrons. The highest BCUT2D eigenvalue weighted by atomic mass is 15.3. The van der Waals surface area contributed by atoms with Gasteiger partial charge in [-0.3, -0.25) is 4.90 Å². The Balaban J connectivity index is 2.09. The minimum absolute atomic E-state index is 0.362. The molecule has 1 aromatic rings. The van der Waals surface area contributed by atoms with Gasteiger partial charge in [0.2, 0.25) is 0 Å². The van der Waals surface area contributed by atoms with Gasteiger partial charge >= 0.3 is 0 Å². The van der Waals surface area contributed by atoms with E-state index >= 15 is 0 Å². The zero-order valence-electron chi connectivity index (χ0n) is 12.1. The van der Waals surface area contributed by atoms with Gasteiger partial charge in [-0.25, -0.2) is 9.97 Å². The molecule has 0 aromatic carbocycles. The molecule has 1 saturated heterocycles. The number of rotatable bonds is 3. The zero-order valence-corrected chi connectivity index (χ0v) is 12.1. The van der Waals surface area contributed by atoms with E-state index in [-0.39, 0.29) is 0 Å². The maximum atomic E-state index is 5.35. The van der Waals surface area contributed by atoms with E-state index in [0.29, 0.717) is 5.92 Å². The van der Waals surface area contributed by atoms with Gasteiger partial charge in [0.05, 0.1) is 6.54 Å². The molecule has 0 aliphatic carbocycles. The van der Waals surface area contributed by atoms with E-state index in [2.05, 4.69) is 45.6 Å². The molecule has 0 bridgehead atoms. The first-order chi connectivity index (χ1) is 9.10. The fraction of sp³-hybridized carbons (Fsp3) is 0.600. The normalized spacial score (nSPS) is 16.7. The molecule has 2 heterocycles. The number of aryl methyl sites for hydroxylation is 1. The second-order valence-electron chi connectivity index (χ2n) is 5.35. The molecule has 0 spiro atoms. The van der Waals surface area contributed by atoms with E-state index < -0.39 is 0 Å². The number of nitrogens with zero attached hydrogens (tertiary/aromatic N) is 4. The molecule has 2 rings (SSSR count). The van der Waals surface area contributed by atoms with Crippen LogP contribution in [-0.2, 0) is 0 Å². The smallest absolute Gasteiger partial charge is 0.133 e. The summed E-state index contributed by atoms with van der Waals surface area (Å²) in [5.74, 6) is 5.05. The molecule has 0 amide bonds. The Bertz CT molecular complexity index is 468. The summed E-state index contributed by atoms with van der Waals surface area (Å²) in [4.78, 5) is 13.8. The largest absolute Gasteiger partial charge is 0.354 e. The van der Waals surface area contributed by atoms with Crippen molar-refractivity contribution in [2.24, 2.45) is 0 Å². The van der Waals surface area contributed by atoms with Gasteiger partial charge in [-0.15, -0.1) is 6.42 Å². The van der Waals surface area contributed by atoms with Gasteiger partial charge in [0.15, 0.2) is 0 Å². The Morgan fingerprint density at radius 2 is 1.95 bits per heavy atom. The summed E-state index contributed by atoms with van der Waals surface area (Å²) in [6.07, 6.45) is 5.35. The number of terminal acetylenes is 1. The van der Waals surface area contributed by atoms with E-state index in [1.165, 1.54) is 0 Å². The average Bonchev–Trinajstić information content (AvgIpc) is 2.39. The second kappa shape index (κ2) is 6.03. The lowest BCUT2D eigenvalue weighted by atomic mass is 10.2. The van der Waals surface area contributed by atoms with Crippen LogP contribution in [0.15, 0.2) is 6.07 Å². The third kappa shape index (κ3) is 3.45. The molecule has 4 nitrogen and oxygen atoms in total. The molecule has 1 aliphatic heterocycles. The van der Waals surface area contributed by atoms with Gasteiger partial charge in [-0.2, -0.15) is 0 Å². The third-order valence-corrected chi connectivity index (χ3v) is 3.39. The predicted molar refractivity (Wildman–Crippen MR) is 78.3 cm³/mol. The van der Waals surface area contributed by atoms with Crippen molar-refractivity contribution >= 4 is 5.82 Å². The van der Waals surface area contributed by atoms with Gasteiger partial charge in [0.1, 0.15) is 11.6 Å². The fourth-order valence-electron chi connectivity index (χ4n) is 2.26. The van der Waals surface area contributed by atoms with Gasteiger partial charge in [-0.1, -0.05) is 19.8 Å². The van der Waals surface area contributed by atoms with Gasteiger partial charge in [0, 0.05) is 43.9 Å². The van der Waals surface area contributed by atoms with Crippen LogP contribution in [-0.4, -0.2) is 47.6 Å². The van der Waals surface area contributed by atoms with Crippen LogP contribution in [0, 0.1) is 19.3 Å². The average molecular weight is 258 g/mol. The Morgan fingerprint density at radius 3 is 2.53 bits per heavy atom. The Morgan fingerprint density at radius 1 is 1.26 bits per heavy atom. The van der Waals surface area contributed by atoms with Gasteiger partial charge in [0.25, 0.3) is 0 Å². The second-order valence-corrected chi connectivity index (χ2v) is 5.35. The predicted octanol–water partition coefficient (Wildman–Crippen LogP) is 1.66. The maximum absolute atomic E-state index is 5.35. The minimum Gasteiger partial charge on any atom is -0.354 e. The first-order valence-electron chi connectivity index (χ1n) is 6.86. The molecule has 4 heteroatoms. The highest BCUT2D eigenvalue weighted by Crippen LogP contribution is 2.18. The molecule has 19 heavy (non-hydrogen) atoms. The van der Waals surface area contributed by atoms with Crippen molar-refractivity contribution in [3.05, 3.63) is 17.6 Å². The number of hydrogen-bond acceptors (Lipinski definition) is 4. The third-order valence-electron chi connectivity index (χ3n) is 3.39. The van der Waals surface area contributed by atoms with Crippen molar-refractivity contribution in [2.75, 3.05) is 37.6 Å². The summed E-state index contributed by atoms with van der Waals surface area (Å²) in [6, 6.07) is 2.07. The number of hydrogen-bond donors (Lipinski definition) is 0. The van der Waals surface area contributed by atoms with Crippen LogP contribution < -0.4 is 4.90 Å². The standard InChI is InChI=1S/C15H22N4/c1-5-6-18-7-9-19(10-8-18)14-11-13(4)16-15(17-14)12(2)3/h1,11-12H,6-10H2,2-4H3. The molecular weight excluding hydrogens is 236 g/mol. The van der Waals surface area contributed by atoms with E-state index in [0.717, 1.165) is 50.1 Å². The first-order valence-corrected chi connectivity index (χ1v) is 6.86. The van der Waals surface area contributed by atoms with Crippen LogP contribution in [0.3, 0.4) is 0 Å². The van der Waals surface area contributed by atoms with Gasteiger partial charge in [-0.05, 0) is 6.92 Å². The van der Waals surface area contributed by atoms with Crippen molar-refractivity contribution in [1.82, 2.24) is 14.9 Å². The topological polar surface area (TPSA) is 32.3 Å². The lowest BCUT2D eigenvalue weighted by molar-refractivity contribution is 0.287. The molecule has 1 fully saturated rings. The van der Waals surface area contributed by atoms with E-state index in [1.807, 2.05) is 6.92 Å². The molecule has 1 aliphatic rings. The van der Waals surface area contributed by atoms with E-state index in [4.69, 9.17) is 6.42 Å². The molecule has 0 N–H and O–H groups in total. The lowest BCUT2D eigenvalue weighted by Gasteiger charge is -2.34. The van der Waals surface area contributed by atoms with Crippen LogP contribution in [0.5, 0.6) is 0 Å². The quantitative estimate of drug-likeness (QED) is 0.772. The van der Waals surface area contributed by atoms with E-state index in [1.54, 1.807) is 0 Å². The van der Waals surface area contributed by atoms with Crippen molar-refractivity contribution in [1.29, 1.82) is 0 Å². The molecule has 0 saturated carbocycles. The van der Waals surface area contributed by atoms with Crippen LogP contribution in [0.25, 0.3) is 0 Å². The summed E-state index contributed by atoms with van der Waals surface area (Å²) in [6.45, 7) is 11.0. The molecule has 0 atom stereocenters. The van der Waals surface area contributed by atoms with Crippen molar-refractivity contribution in [2.45, 2.75) is 26.7 Å². The summed E-state index contributed by atoms with van der Waals surface area (Å²) < 4.78 is 0. The summed E-state index contributed by atoms with van der Waals surface area (Å²) in [7, 11) is 0. The SMILES string of the molecule is C#CCN1CCN(c2cc(C)nc(C(C)C)n2)CC1. The number of anilines is 1. The zero-order chi connectivity index (χ0) is 13.8. The highest BCUT2D eigenvalue weighted by Gasteiger charge is 2.18. The Kier molecular flexibility index (Phi) is 4.39. The van der Waals surface area contributed by atoms with Crippen LogP contribution >= 0.6 is 0 Å². The Hall–Kier alpha value is -1.60. The molecule has 0 unspecified atom stereocenters. The van der Waals surface area contributed by atoms with Crippen LogP contribution in [0.4, 0.5) is 5.82 Å². The molecule has 0 radical (unpaired) electrons. The summed E-state index contributed by atoms with van der Waals surface area (Å²) in [5, 5.41) is 0. The van der Waals surface area contributed by atoms with Crippen molar-refractivity contribution < 1.29 is 0 Å². The monoisotopic (exact) mass is 258 g/mol. The van der Waals surface area contributed by atoms with Crippen LogP contribution in [0.1, 0.15) is 31.3 Å².